The summed E-state index contributed by atoms with van der Waals surface area (Å²) >= 11 is 0. The highest BCUT2D eigenvalue weighted by Crippen LogP contribution is 2.30. The second kappa shape index (κ2) is 9.41. The van der Waals surface area contributed by atoms with Gasteiger partial charge in [-0.1, -0.05) is 26.2 Å². The highest BCUT2D eigenvalue weighted by molar-refractivity contribution is 5.76. The predicted molar refractivity (Wildman–Crippen MR) is 114 cm³/mol. The Kier molecular flexibility index (Phi) is 6.68. The van der Waals surface area contributed by atoms with Crippen LogP contribution in [-0.2, 0) is 17.8 Å². The molecule has 1 saturated heterocycles. The van der Waals surface area contributed by atoms with Crippen molar-refractivity contribution in [1.82, 2.24) is 19.8 Å². The first-order valence-electron chi connectivity index (χ1n) is 11.8. The molecule has 1 aliphatic carbocycles. The SMILES string of the molecule is CCCC(=O)N1CCCC[C@@H]1c1nc2c(c(=O)[nH]1)CN(CC1CCCCC1)CC2. The summed E-state index contributed by atoms with van der Waals surface area (Å²) in [6.07, 6.45) is 12.0. The Morgan fingerprint density at radius 1 is 1.10 bits per heavy atom. The summed E-state index contributed by atoms with van der Waals surface area (Å²) in [4.78, 5) is 37.9. The first-order chi connectivity index (χ1) is 14.2. The van der Waals surface area contributed by atoms with Gasteiger partial charge in [0.15, 0.2) is 0 Å². The second-order valence-electron chi connectivity index (χ2n) is 9.21. The molecule has 2 fully saturated rings. The van der Waals surface area contributed by atoms with Gasteiger partial charge in [0, 0.05) is 39.0 Å². The first-order valence-corrected chi connectivity index (χ1v) is 11.8. The summed E-state index contributed by atoms with van der Waals surface area (Å²) in [6, 6.07) is -0.0685. The molecule has 1 amide bonds. The van der Waals surface area contributed by atoms with Gasteiger partial charge in [-0.25, -0.2) is 4.98 Å². The standard InChI is InChI=1S/C23H36N4O2/c1-2-8-21(28)27-13-7-6-11-20(27)22-24-19-12-14-26(16-18(19)23(29)25-22)15-17-9-4-3-5-10-17/h17,20H,2-16H2,1H3,(H,24,25,29)/t20-/m1/s1. The smallest absolute Gasteiger partial charge is 0.255 e. The van der Waals surface area contributed by atoms with Crippen molar-refractivity contribution in [3.63, 3.8) is 0 Å². The minimum atomic E-state index is -0.0685. The third-order valence-corrected chi connectivity index (χ3v) is 7.01. The molecule has 0 radical (unpaired) electrons. The van der Waals surface area contributed by atoms with Crippen LogP contribution in [0.2, 0.25) is 0 Å². The number of fused-ring (bicyclic) bond motifs is 1. The van der Waals surface area contributed by atoms with E-state index >= 15 is 0 Å². The Morgan fingerprint density at radius 2 is 1.90 bits per heavy atom. The molecule has 0 aromatic carbocycles. The molecule has 1 N–H and O–H groups in total. The maximum Gasteiger partial charge on any atom is 0.255 e. The first kappa shape index (κ1) is 20.6. The minimum Gasteiger partial charge on any atom is -0.333 e. The van der Waals surface area contributed by atoms with Crippen molar-refractivity contribution in [1.29, 1.82) is 0 Å². The van der Waals surface area contributed by atoms with Crippen molar-refractivity contribution < 1.29 is 4.79 Å². The van der Waals surface area contributed by atoms with Crippen LogP contribution in [0.3, 0.4) is 0 Å². The van der Waals surface area contributed by atoms with Gasteiger partial charge < -0.3 is 9.88 Å². The van der Waals surface area contributed by atoms with Crippen LogP contribution in [-0.4, -0.2) is 45.3 Å². The van der Waals surface area contributed by atoms with Crippen LogP contribution in [0.25, 0.3) is 0 Å². The van der Waals surface area contributed by atoms with Crippen molar-refractivity contribution >= 4 is 5.91 Å². The Morgan fingerprint density at radius 3 is 2.69 bits per heavy atom. The lowest BCUT2D eigenvalue weighted by Gasteiger charge is -2.36. The van der Waals surface area contributed by atoms with E-state index < -0.39 is 0 Å². The zero-order chi connectivity index (χ0) is 20.2. The highest BCUT2D eigenvalue weighted by atomic mass is 16.2. The van der Waals surface area contributed by atoms with Crippen LogP contribution >= 0.6 is 0 Å². The van der Waals surface area contributed by atoms with Gasteiger partial charge in [-0.05, 0) is 44.4 Å². The fraction of sp³-hybridized carbons (Fsp3) is 0.783. The molecule has 160 valence electrons. The molecule has 1 aromatic rings. The number of carbonyl (C=O) groups is 1. The summed E-state index contributed by atoms with van der Waals surface area (Å²) in [5.74, 6) is 1.69. The fourth-order valence-corrected chi connectivity index (χ4v) is 5.42. The van der Waals surface area contributed by atoms with E-state index in [0.717, 1.165) is 75.5 Å². The Labute approximate surface area is 174 Å². The Bertz CT molecular complexity index is 769. The lowest BCUT2D eigenvalue weighted by atomic mass is 9.88. The van der Waals surface area contributed by atoms with Crippen LogP contribution in [0.4, 0.5) is 0 Å². The van der Waals surface area contributed by atoms with E-state index in [1.54, 1.807) is 0 Å². The number of aromatic nitrogens is 2. The second-order valence-corrected chi connectivity index (χ2v) is 9.21. The van der Waals surface area contributed by atoms with Crippen molar-refractivity contribution in [3.8, 4) is 0 Å². The van der Waals surface area contributed by atoms with Crippen LogP contribution in [0.15, 0.2) is 4.79 Å². The van der Waals surface area contributed by atoms with Gasteiger partial charge in [0.1, 0.15) is 5.82 Å². The largest absolute Gasteiger partial charge is 0.333 e. The lowest BCUT2D eigenvalue weighted by Crippen LogP contribution is -2.42. The molecule has 0 unspecified atom stereocenters. The van der Waals surface area contributed by atoms with E-state index in [-0.39, 0.29) is 17.5 Å². The summed E-state index contributed by atoms with van der Waals surface area (Å²) in [7, 11) is 0. The van der Waals surface area contributed by atoms with Crippen molar-refractivity contribution in [2.24, 2.45) is 5.92 Å². The number of nitrogens with one attached hydrogen (secondary N) is 1. The lowest BCUT2D eigenvalue weighted by molar-refractivity contribution is -0.135. The summed E-state index contributed by atoms with van der Waals surface area (Å²) in [5.41, 5.74) is 1.81. The molecule has 1 aromatic heterocycles. The molecule has 6 heteroatoms. The monoisotopic (exact) mass is 400 g/mol. The fourth-order valence-electron chi connectivity index (χ4n) is 5.42. The van der Waals surface area contributed by atoms with Crippen LogP contribution in [0.1, 0.15) is 94.3 Å². The number of hydrogen-bond donors (Lipinski definition) is 1. The van der Waals surface area contributed by atoms with Gasteiger partial charge in [-0.15, -0.1) is 0 Å². The summed E-state index contributed by atoms with van der Waals surface area (Å²) in [5, 5.41) is 0. The Balaban J connectivity index is 1.49. The highest BCUT2D eigenvalue weighted by Gasteiger charge is 2.31. The van der Waals surface area contributed by atoms with Crippen molar-refractivity contribution in [3.05, 3.63) is 27.4 Å². The topological polar surface area (TPSA) is 69.3 Å². The third kappa shape index (κ3) is 4.73. The average molecular weight is 401 g/mol. The summed E-state index contributed by atoms with van der Waals surface area (Å²) in [6.45, 7) is 5.64. The Hall–Kier alpha value is -1.69. The molecule has 0 spiro atoms. The van der Waals surface area contributed by atoms with Crippen LogP contribution in [0, 0.1) is 5.92 Å². The van der Waals surface area contributed by atoms with E-state index in [1.807, 2.05) is 11.8 Å². The van der Waals surface area contributed by atoms with Crippen molar-refractivity contribution in [2.75, 3.05) is 19.6 Å². The number of nitrogens with zero attached hydrogens (tertiary/aromatic N) is 3. The molecule has 29 heavy (non-hydrogen) atoms. The van der Waals surface area contributed by atoms with E-state index in [2.05, 4.69) is 9.88 Å². The number of rotatable bonds is 5. The van der Waals surface area contributed by atoms with E-state index in [9.17, 15) is 9.59 Å². The molecule has 0 bridgehead atoms. The van der Waals surface area contributed by atoms with Crippen LogP contribution < -0.4 is 5.56 Å². The maximum absolute atomic E-state index is 12.9. The molecule has 6 nitrogen and oxygen atoms in total. The van der Waals surface area contributed by atoms with Gasteiger partial charge in [0.05, 0.1) is 17.3 Å². The molecule has 3 heterocycles. The zero-order valence-corrected chi connectivity index (χ0v) is 17.9. The third-order valence-electron chi connectivity index (χ3n) is 7.01. The molecule has 4 rings (SSSR count). The molecular formula is C23H36N4O2. The predicted octanol–water partition coefficient (Wildman–Crippen LogP) is 3.56. The van der Waals surface area contributed by atoms with Gasteiger partial charge in [-0.3, -0.25) is 14.5 Å². The van der Waals surface area contributed by atoms with E-state index in [4.69, 9.17) is 4.98 Å². The molecule has 3 aliphatic rings. The number of piperidine rings is 1. The maximum atomic E-state index is 12.9. The van der Waals surface area contributed by atoms with Crippen LogP contribution in [0.5, 0.6) is 0 Å². The number of likely N-dealkylation sites (tertiary alicyclic amines) is 1. The minimum absolute atomic E-state index is 0.00630. The number of carbonyl (C=O) groups excluding carboxylic acids is 1. The van der Waals surface area contributed by atoms with Gasteiger partial charge in [0.25, 0.3) is 5.56 Å². The average Bonchev–Trinajstić information content (AvgIpc) is 2.75. The van der Waals surface area contributed by atoms with Gasteiger partial charge >= 0.3 is 0 Å². The number of H-pyrrole nitrogens is 1. The molecule has 1 atom stereocenters. The number of amides is 1. The number of aromatic amines is 1. The van der Waals surface area contributed by atoms with E-state index in [1.165, 1.54) is 32.1 Å². The zero-order valence-electron chi connectivity index (χ0n) is 17.9. The van der Waals surface area contributed by atoms with Gasteiger partial charge in [-0.2, -0.15) is 0 Å². The normalized spacial score (nSPS) is 23.8. The quantitative estimate of drug-likeness (QED) is 0.820. The van der Waals surface area contributed by atoms with Crippen molar-refractivity contribution in [2.45, 2.75) is 90.1 Å². The molecule has 2 aliphatic heterocycles. The summed E-state index contributed by atoms with van der Waals surface area (Å²) < 4.78 is 0. The molecular weight excluding hydrogens is 364 g/mol. The number of hydrogen-bond acceptors (Lipinski definition) is 4. The molecule has 1 saturated carbocycles. The van der Waals surface area contributed by atoms with E-state index in [0.29, 0.717) is 12.2 Å². The van der Waals surface area contributed by atoms with Gasteiger partial charge in [0.2, 0.25) is 5.91 Å².